The van der Waals surface area contributed by atoms with Crippen LogP contribution in [0.2, 0.25) is 0 Å². The van der Waals surface area contributed by atoms with Crippen LogP contribution in [0.15, 0.2) is 29.2 Å². The first-order valence-corrected chi connectivity index (χ1v) is 5.97. The van der Waals surface area contributed by atoms with Crippen molar-refractivity contribution < 1.29 is 9.59 Å². The molecular weight excluding hydrogens is 238 g/mol. The Labute approximate surface area is 104 Å². The average Bonchev–Trinajstić information content (AvgIpc) is 2.28. The van der Waals surface area contributed by atoms with Crippen molar-refractivity contribution in [3.8, 4) is 0 Å². The fraction of sp³-hybridized carbons (Fsp3) is 0.273. The Bertz CT molecular complexity index is 423. The van der Waals surface area contributed by atoms with Gasteiger partial charge in [-0.1, -0.05) is 12.1 Å². The highest BCUT2D eigenvalue weighted by atomic mass is 32.2. The highest BCUT2D eigenvalue weighted by Gasteiger charge is 2.15. The maximum atomic E-state index is 11.5. The number of imide groups is 1. The quantitative estimate of drug-likeness (QED) is 0.692. The monoisotopic (exact) mass is 253 g/mol. The van der Waals surface area contributed by atoms with Gasteiger partial charge in [0.15, 0.2) is 0 Å². The van der Waals surface area contributed by atoms with E-state index in [0.29, 0.717) is 6.54 Å². The highest BCUT2D eigenvalue weighted by Crippen LogP contribution is 2.23. The van der Waals surface area contributed by atoms with Crippen LogP contribution < -0.4 is 16.8 Å². The van der Waals surface area contributed by atoms with Crippen LogP contribution >= 0.6 is 11.8 Å². The van der Waals surface area contributed by atoms with Gasteiger partial charge in [0, 0.05) is 11.4 Å². The van der Waals surface area contributed by atoms with Crippen LogP contribution in [0.3, 0.4) is 0 Å². The molecule has 1 aromatic carbocycles. The molecule has 0 spiro atoms. The molecule has 0 bridgehead atoms. The molecule has 1 rings (SSSR count). The molecule has 92 valence electrons. The van der Waals surface area contributed by atoms with E-state index in [1.54, 1.807) is 6.92 Å². The summed E-state index contributed by atoms with van der Waals surface area (Å²) >= 11 is 1.35. The number of nitrogens with two attached hydrogens (primary N) is 2. The van der Waals surface area contributed by atoms with Crippen LogP contribution in [0.25, 0.3) is 0 Å². The van der Waals surface area contributed by atoms with Gasteiger partial charge in [-0.2, -0.15) is 0 Å². The van der Waals surface area contributed by atoms with Crippen molar-refractivity contribution in [2.45, 2.75) is 23.6 Å². The number of amides is 3. The summed E-state index contributed by atoms with van der Waals surface area (Å²) in [6.07, 6.45) is 0. The second kappa shape index (κ2) is 6.27. The smallest absolute Gasteiger partial charge is 0.318 e. The molecule has 1 atom stereocenters. The van der Waals surface area contributed by atoms with Crippen molar-refractivity contribution in [3.05, 3.63) is 29.8 Å². The lowest BCUT2D eigenvalue weighted by Crippen LogP contribution is -2.39. The molecule has 0 saturated carbocycles. The summed E-state index contributed by atoms with van der Waals surface area (Å²) in [6.45, 7) is 2.16. The van der Waals surface area contributed by atoms with Crippen molar-refractivity contribution in [2.75, 3.05) is 0 Å². The van der Waals surface area contributed by atoms with E-state index in [4.69, 9.17) is 11.5 Å². The number of rotatable bonds is 4. The first-order chi connectivity index (χ1) is 8.02. The number of benzene rings is 1. The fourth-order valence-corrected chi connectivity index (χ4v) is 2.18. The summed E-state index contributed by atoms with van der Waals surface area (Å²) in [5.74, 6) is -0.402. The van der Waals surface area contributed by atoms with Crippen LogP contribution in [-0.2, 0) is 11.3 Å². The molecule has 0 aliphatic rings. The lowest BCUT2D eigenvalue weighted by atomic mass is 10.2. The third-order valence-corrected chi connectivity index (χ3v) is 3.16. The second-order valence-electron chi connectivity index (χ2n) is 3.47. The zero-order valence-electron chi connectivity index (χ0n) is 9.47. The lowest BCUT2D eigenvalue weighted by molar-refractivity contribution is -0.119. The zero-order valence-corrected chi connectivity index (χ0v) is 10.3. The van der Waals surface area contributed by atoms with E-state index in [0.717, 1.165) is 10.5 Å². The summed E-state index contributed by atoms with van der Waals surface area (Å²) in [6, 6.07) is 6.76. The molecule has 0 saturated heterocycles. The Kier molecular flexibility index (Phi) is 4.99. The molecule has 0 fully saturated rings. The minimum atomic E-state index is -0.835. The Morgan fingerprint density at radius 2 is 2.18 bits per heavy atom. The third-order valence-electron chi connectivity index (χ3n) is 2.06. The van der Waals surface area contributed by atoms with Crippen LogP contribution in [0.5, 0.6) is 0 Å². The molecule has 6 heteroatoms. The molecular formula is C11H15N3O2S. The van der Waals surface area contributed by atoms with Gasteiger partial charge in [0.1, 0.15) is 0 Å². The molecule has 0 radical (unpaired) electrons. The molecule has 0 aliphatic heterocycles. The summed E-state index contributed by atoms with van der Waals surface area (Å²) in [5, 5.41) is 1.65. The van der Waals surface area contributed by atoms with Crippen LogP contribution in [0.1, 0.15) is 12.5 Å². The predicted octanol–water partition coefficient (Wildman–Crippen LogP) is 0.821. The van der Waals surface area contributed by atoms with Crippen LogP contribution in [0.4, 0.5) is 4.79 Å². The molecule has 0 aromatic heterocycles. The Morgan fingerprint density at radius 3 is 2.76 bits per heavy atom. The van der Waals surface area contributed by atoms with Crippen LogP contribution in [-0.4, -0.2) is 17.2 Å². The number of urea groups is 1. The molecule has 0 heterocycles. The maximum absolute atomic E-state index is 11.5. The maximum Gasteiger partial charge on any atom is 0.318 e. The highest BCUT2D eigenvalue weighted by molar-refractivity contribution is 8.00. The molecule has 5 N–H and O–H groups in total. The standard InChI is InChI=1S/C11H15N3O2S/c1-7(10(15)14-11(13)16)17-9-4-2-3-8(5-9)6-12/h2-5,7H,6,12H2,1H3,(H3,13,14,15,16). The molecule has 17 heavy (non-hydrogen) atoms. The average molecular weight is 253 g/mol. The molecule has 1 unspecified atom stereocenters. The molecule has 1 aromatic rings. The van der Waals surface area contributed by atoms with Gasteiger partial charge in [-0.15, -0.1) is 11.8 Å². The van der Waals surface area contributed by atoms with E-state index in [1.807, 2.05) is 29.6 Å². The third kappa shape index (κ3) is 4.46. The van der Waals surface area contributed by atoms with Crippen molar-refractivity contribution in [2.24, 2.45) is 11.5 Å². The number of carbonyl (C=O) groups is 2. The van der Waals surface area contributed by atoms with Crippen molar-refractivity contribution in [3.63, 3.8) is 0 Å². The molecule has 0 aliphatic carbocycles. The van der Waals surface area contributed by atoms with E-state index < -0.39 is 17.2 Å². The number of thioether (sulfide) groups is 1. The molecule has 5 nitrogen and oxygen atoms in total. The number of primary amides is 1. The van der Waals surface area contributed by atoms with E-state index in [2.05, 4.69) is 0 Å². The number of hydrogen-bond acceptors (Lipinski definition) is 4. The number of hydrogen-bond donors (Lipinski definition) is 3. The van der Waals surface area contributed by atoms with Gasteiger partial charge < -0.3 is 11.5 Å². The van der Waals surface area contributed by atoms with E-state index >= 15 is 0 Å². The first kappa shape index (κ1) is 13.5. The minimum Gasteiger partial charge on any atom is -0.351 e. The van der Waals surface area contributed by atoms with Crippen molar-refractivity contribution in [1.82, 2.24) is 5.32 Å². The Balaban J connectivity index is 2.63. The van der Waals surface area contributed by atoms with Gasteiger partial charge in [0.2, 0.25) is 5.91 Å². The van der Waals surface area contributed by atoms with E-state index in [9.17, 15) is 9.59 Å². The second-order valence-corrected chi connectivity index (χ2v) is 4.88. The lowest BCUT2D eigenvalue weighted by Gasteiger charge is -2.10. The molecule has 3 amide bonds. The summed E-state index contributed by atoms with van der Waals surface area (Å²) in [5.41, 5.74) is 11.4. The van der Waals surface area contributed by atoms with Crippen molar-refractivity contribution in [1.29, 1.82) is 0 Å². The fourth-order valence-electron chi connectivity index (χ4n) is 1.23. The van der Waals surface area contributed by atoms with E-state index in [-0.39, 0.29) is 0 Å². The van der Waals surface area contributed by atoms with Gasteiger partial charge in [-0.3, -0.25) is 10.1 Å². The predicted molar refractivity (Wildman–Crippen MR) is 67.4 cm³/mol. The van der Waals surface area contributed by atoms with Gasteiger partial charge in [0.05, 0.1) is 5.25 Å². The topological polar surface area (TPSA) is 98.2 Å². The first-order valence-electron chi connectivity index (χ1n) is 5.09. The normalized spacial score (nSPS) is 11.9. The van der Waals surface area contributed by atoms with Crippen molar-refractivity contribution >= 4 is 23.7 Å². The van der Waals surface area contributed by atoms with Gasteiger partial charge in [-0.25, -0.2) is 4.79 Å². The summed E-state index contributed by atoms with van der Waals surface area (Å²) < 4.78 is 0. The SMILES string of the molecule is CC(Sc1cccc(CN)c1)C(=O)NC(N)=O. The summed E-state index contributed by atoms with van der Waals surface area (Å²) in [4.78, 5) is 22.9. The van der Waals surface area contributed by atoms with Gasteiger partial charge in [0.25, 0.3) is 0 Å². The van der Waals surface area contributed by atoms with E-state index in [1.165, 1.54) is 11.8 Å². The van der Waals surface area contributed by atoms with Crippen LogP contribution in [0, 0.1) is 0 Å². The Morgan fingerprint density at radius 1 is 1.47 bits per heavy atom. The van der Waals surface area contributed by atoms with Gasteiger partial charge >= 0.3 is 6.03 Å². The minimum absolute atomic E-state index is 0.393. The van der Waals surface area contributed by atoms with Gasteiger partial charge in [-0.05, 0) is 24.6 Å². The Hall–Kier alpha value is -1.53. The zero-order chi connectivity index (χ0) is 12.8. The number of carbonyl (C=O) groups excluding carboxylic acids is 2. The number of nitrogens with one attached hydrogen (secondary N) is 1. The largest absolute Gasteiger partial charge is 0.351 e. The summed E-state index contributed by atoms with van der Waals surface area (Å²) in [7, 11) is 0.